The van der Waals surface area contributed by atoms with Crippen LogP contribution in [0.4, 0.5) is 0 Å². The van der Waals surface area contributed by atoms with Gasteiger partial charge in [0.05, 0.1) is 45.6 Å². The van der Waals surface area contributed by atoms with Gasteiger partial charge in [-0.25, -0.2) is 19.2 Å². The molecular formula is C23H21NO8. The number of carbonyl (C=O) groups is 4. The summed E-state index contributed by atoms with van der Waals surface area (Å²) in [5, 5.41) is 0. The predicted octanol–water partition coefficient (Wildman–Crippen LogP) is 1.52. The molecule has 1 aromatic carbocycles. The normalized spacial score (nSPS) is 17.3. The SMILES string of the molecule is COC(=O)C1=C(C(=O)OC)[C@H]2C=CC=C(c3ccccc3)N2C(C(=O)OC)=C1C(=O)OC. The van der Waals surface area contributed by atoms with Crippen molar-refractivity contribution in [1.82, 2.24) is 4.90 Å². The molecule has 0 saturated carbocycles. The third-order valence-corrected chi connectivity index (χ3v) is 5.01. The molecule has 9 nitrogen and oxygen atoms in total. The van der Waals surface area contributed by atoms with Crippen molar-refractivity contribution in [1.29, 1.82) is 0 Å². The summed E-state index contributed by atoms with van der Waals surface area (Å²) in [5.74, 6) is -3.80. The van der Waals surface area contributed by atoms with Crippen LogP contribution < -0.4 is 0 Å². The molecule has 0 radical (unpaired) electrons. The minimum Gasteiger partial charge on any atom is -0.466 e. The largest absolute Gasteiger partial charge is 0.466 e. The van der Waals surface area contributed by atoms with Crippen LogP contribution in [0.1, 0.15) is 5.56 Å². The Morgan fingerprint density at radius 3 is 1.88 bits per heavy atom. The second-order valence-corrected chi connectivity index (χ2v) is 6.60. The van der Waals surface area contributed by atoms with E-state index < -0.39 is 41.1 Å². The molecule has 0 aliphatic carbocycles. The zero-order valence-corrected chi connectivity index (χ0v) is 17.9. The number of methoxy groups -OCH3 is 4. The molecule has 1 aromatic rings. The van der Waals surface area contributed by atoms with Crippen LogP contribution in [0.25, 0.3) is 5.70 Å². The van der Waals surface area contributed by atoms with Crippen LogP contribution in [0.15, 0.2) is 71.0 Å². The average molecular weight is 439 g/mol. The van der Waals surface area contributed by atoms with Crippen LogP contribution in [0.3, 0.4) is 0 Å². The van der Waals surface area contributed by atoms with E-state index in [0.29, 0.717) is 11.3 Å². The quantitative estimate of drug-likeness (QED) is 0.498. The second-order valence-electron chi connectivity index (χ2n) is 6.60. The minimum absolute atomic E-state index is 0.176. The van der Waals surface area contributed by atoms with Gasteiger partial charge in [-0.2, -0.15) is 0 Å². The molecule has 32 heavy (non-hydrogen) atoms. The van der Waals surface area contributed by atoms with Crippen LogP contribution in [0.2, 0.25) is 0 Å². The number of nitrogens with zero attached hydrogens (tertiary/aromatic N) is 1. The first-order chi connectivity index (χ1) is 15.4. The van der Waals surface area contributed by atoms with Crippen molar-refractivity contribution in [2.75, 3.05) is 28.4 Å². The Balaban J connectivity index is 2.45. The van der Waals surface area contributed by atoms with Crippen molar-refractivity contribution >= 4 is 29.6 Å². The van der Waals surface area contributed by atoms with Gasteiger partial charge < -0.3 is 23.8 Å². The van der Waals surface area contributed by atoms with E-state index in [4.69, 9.17) is 18.9 Å². The van der Waals surface area contributed by atoms with Crippen molar-refractivity contribution in [3.05, 3.63) is 76.5 Å². The van der Waals surface area contributed by atoms with Crippen LogP contribution in [0.5, 0.6) is 0 Å². The highest BCUT2D eigenvalue weighted by Crippen LogP contribution is 2.42. The predicted molar refractivity (Wildman–Crippen MR) is 111 cm³/mol. The van der Waals surface area contributed by atoms with Gasteiger partial charge in [0.25, 0.3) is 0 Å². The van der Waals surface area contributed by atoms with Crippen molar-refractivity contribution in [2.45, 2.75) is 6.04 Å². The molecule has 3 rings (SSSR count). The zero-order valence-electron chi connectivity index (χ0n) is 17.9. The molecule has 0 saturated heterocycles. The van der Waals surface area contributed by atoms with E-state index in [1.54, 1.807) is 42.5 Å². The van der Waals surface area contributed by atoms with Gasteiger partial charge in [0.15, 0.2) is 0 Å². The first kappa shape index (κ1) is 22.5. The molecule has 0 N–H and O–H groups in total. The Hall–Kier alpha value is -4.14. The maximum Gasteiger partial charge on any atom is 0.355 e. The summed E-state index contributed by atoms with van der Waals surface area (Å²) in [6, 6.07) is 8.06. The van der Waals surface area contributed by atoms with E-state index in [0.717, 1.165) is 28.4 Å². The Kier molecular flexibility index (Phi) is 6.58. The number of ether oxygens (including phenoxy) is 4. The van der Waals surface area contributed by atoms with E-state index in [9.17, 15) is 19.2 Å². The fourth-order valence-corrected chi connectivity index (χ4v) is 3.66. The summed E-state index contributed by atoms with van der Waals surface area (Å²) in [6.07, 6.45) is 4.99. The molecule has 0 bridgehead atoms. The summed E-state index contributed by atoms with van der Waals surface area (Å²) < 4.78 is 19.6. The minimum atomic E-state index is -1.02. The summed E-state index contributed by atoms with van der Waals surface area (Å²) in [6.45, 7) is 0. The van der Waals surface area contributed by atoms with Crippen LogP contribution in [-0.4, -0.2) is 63.3 Å². The molecule has 0 fully saturated rings. The highest BCUT2D eigenvalue weighted by Gasteiger charge is 2.47. The van der Waals surface area contributed by atoms with Gasteiger partial charge in [-0.3, -0.25) is 0 Å². The molecule has 1 atom stereocenters. The number of allylic oxidation sites excluding steroid dienone is 2. The number of benzene rings is 1. The molecule has 0 aromatic heterocycles. The lowest BCUT2D eigenvalue weighted by Gasteiger charge is -2.41. The lowest BCUT2D eigenvalue weighted by Crippen LogP contribution is -2.46. The van der Waals surface area contributed by atoms with Crippen molar-refractivity contribution < 1.29 is 38.1 Å². The van der Waals surface area contributed by atoms with Crippen molar-refractivity contribution in [2.24, 2.45) is 0 Å². The van der Waals surface area contributed by atoms with E-state index in [-0.39, 0.29) is 11.3 Å². The van der Waals surface area contributed by atoms with Gasteiger partial charge >= 0.3 is 23.9 Å². The van der Waals surface area contributed by atoms with Gasteiger partial charge in [-0.05, 0) is 11.6 Å². The third kappa shape index (κ3) is 3.68. The van der Waals surface area contributed by atoms with Crippen molar-refractivity contribution in [3.8, 4) is 0 Å². The average Bonchev–Trinajstić information content (AvgIpc) is 2.85. The first-order valence-electron chi connectivity index (χ1n) is 9.46. The lowest BCUT2D eigenvalue weighted by atomic mass is 9.85. The number of rotatable bonds is 5. The van der Waals surface area contributed by atoms with Gasteiger partial charge in [-0.15, -0.1) is 0 Å². The Morgan fingerprint density at radius 2 is 1.31 bits per heavy atom. The fourth-order valence-electron chi connectivity index (χ4n) is 3.66. The number of fused-ring (bicyclic) bond motifs is 1. The Labute approximate surface area is 184 Å². The van der Waals surface area contributed by atoms with Crippen LogP contribution in [0, 0.1) is 0 Å². The molecule has 2 aliphatic rings. The Morgan fingerprint density at radius 1 is 0.750 bits per heavy atom. The van der Waals surface area contributed by atoms with E-state index in [1.807, 2.05) is 6.07 Å². The number of hydrogen-bond acceptors (Lipinski definition) is 9. The van der Waals surface area contributed by atoms with Gasteiger partial charge in [0, 0.05) is 5.70 Å². The van der Waals surface area contributed by atoms with Gasteiger partial charge in [0.1, 0.15) is 11.3 Å². The number of esters is 4. The monoisotopic (exact) mass is 439 g/mol. The molecule has 2 heterocycles. The molecule has 166 valence electrons. The van der Waals surface area contributed by atoms with Crippen LogP contribution >= 0.6 is 0 Å². The third-order valence-electron chi connectivity index (χ3n) is 5.01. The van der Waals surface area contributed by atoms with Crippen molar-refractivity contribution in [3.63, 3.8) is 0 Å². The van der Waals surface area contributed by atoms with Crippen LogP contribution in [-0.2, 0) is 38.1 Å². The molecule has 2 aliphatic heterocycles. The highest BCUT2D eigenvalue weighted by molar-refractivity contribution is 6.17. The van der Waals surface area contributed by atoms with E-state index in [1.165, 1.54) is 4.90 Å². The van der Waals surface area contributed by atoms with Gasteiger partial charge in [0.2, 0.25) is 0 Å². The topological polar surface area (TPSA) is 108 Å². The summed E-state index contributed by atoms with van der Waals surface area (Å²) in [7, 11) is 4.47. The highest BCUT2D eigenvalue weighted by atomic mass is 16.5. The van der Waals surface area contributed by atoms with E-state index in [2.05, 4.69) is 0 Å². The molecule has 9 heteroatoms. The number of carbonyl (C=O) groups excluding carboxylic acids is 4. The van der Waals surface area contributed by atoms with Gasteiger partial charge in [-0.1, -0.05) is 42.5 Å². The lowest BCUT2D eigenvalue weighted by molar-refractivity contribution is -0.143. The zero-order chi connectivity index (χ0) is 23.4. The molecule has 0 spiro atoms. The van der Waals surface area contributed by atoms with E-state index >= 15 is 0 Å². The maximum atomic E-state index is 13.0. The fraction of sp³-hybridized carbons (Fsp3) is 0.217. The molecular weight excluding hydrogens is 418 g/mol. The smallest absolute Gasteiger partial charge is 0.355 e. The Bertz CT molecular complexity index is 1090. The molecule has 0 amide bonds. The first-order valence-corrected chi connectivity index (χ1v) is 9.46. The standard InChI is InChI=1S/C23H21NO8/c1-29-20(25)16-15-12-8-11-14(13-9-6-5-7-10-13)24(15)19(23(28)32-4)18(22(27)31-3)17(16)21(26)30-2/h5-12,15H,1-4H3/t15-/m1/s1. The number of hydrogen-bond donors (Lipinski definition) is 0. The second kappa shape index (κ2) is 9.34. The summed E-state index contributed by atoms with van der Waals surface area (Å²) in [5.41, 5.74) is -0.141. The molecule has 0 unspecified atom stereocenters. The maximum absolute atomic E-state index is 13.0. The summed E-state index contributed by atoms with van der Waals surface area (Å²) >= 11 is 0. The summed E-state index contributed by atoms with van der Waals surface area (Å²) in [4.78, 5) is 52.9.